The Labute approximate surface area is 160 Å². The molecule has 6 nitrogen and oxygen atoms in total. The number of carbonyl (C=O) groups excluding carboxylic acids is 1. The number of carbonyl (C=O) groups is 1. The number of nitro benzene ring substituents is 1. The molecule has 0 saturated carbocycles. The third-order valence-corrected chi connectivity index (χ3v) is 5.19. The molecule has 0 spiro atoms. The van der Waals surface area contributed by atoms with Crippen LogP contribution in [0.5, 0.6) is 0 Å². The van der Waals surface area contributed by atoms with E-state index in [2.05, 4.69) is 5.32 Å². The highest BCUT2D eigenvalue weighted by Gasteiger charge is 2.24. The van der Waals surface area contributed by atoms with Crippen LogP contribution in [0.15, 0.2) is 71.3 Å². The normalized spacial score (nSPS) is 11.7. The molecule has 138 valence electrons. The summed E-state index contributed by atoms with van der Waals surface area (Å²) in [6.07, 6.45) is 1.59. The summed E-state index contributed by atoms with van der Waals surface area (Å²) in [6.45, 7) is 1.77. The van der Waals surface area contributed by atoms with Gasteiger partial charge in [-0.05, 0) is 36.2 Å². The van der Waals surface area contributed by atoms with E-state index in [0.717, 1.165) is 16.9 Å². The first-order valence-corrected chi connectivity index (χ1v) is 9.34. The van der Waals surface area contributed by atoms with Crippen molar-refractivity contribution < 1.29 is 14.1 Å². The monoisotopic (exact) mass is 382 g/mol. The van der Waals surface area contributed by atoms with Crippen LogP contribution >= 0.6 is 11.8 Å². The number of benzene rings is 2. The smallest absolute Gasteiger partial charge is 0.293 e. The Bertz CT molecular complexity index is 926. The van der Waals surface area contributed by atoms with Crippen molar-refractivity contribution in [2.24, 2.45) is 0 Å². The lowest BCUT2D eigenvalue weighted by atomic mass is 10.1. The Hall–Kier alpha value is -3.06. The van der Waals surface area contributed by atoms with E-state index < -0.39 is 10.2 Å². The number of rotatable bonds is 7. The van der Waals surface area contributed by atoms with Crippen LogP contribution in [-0.4, -0.2) is 10.8 Å². The highest BCUT2D eigenvalue weighted by molar-refractivity contribution is 7.99. The molecule has 0 aliphatic carbocycles. The SMILES string of the molecule is Cc1ccc(NC(=O)[C@@H](SCc2ccco2)c2ccccc2)c([N+](=O)[O-])c1. The van der Waals surface area contributed by atoms with Crippen molar-refractivity contribution in [1.29, 1.82) is 0 Å². The van der Waals surface area contributed by atoms with E-state index in [1.807, 2.05) is 36.4 Å². The topological polar surface area (TPSA) is 85.4 Å². The Balaban J connectivity index is 1.84. The van der Waals surface area contributed by atoms with Gasteiger partial charge in [-0.25, -0.2) is 0 Å². The number of anilines is 1. The maximum Gasteiger partial charge on any atom is 0.293 e. The molecule has 0 saturated heterocycles. The summed E-state index contributed by atoms with van der Waals surface area (Å²) < 4.78 is 5.34. The maximum atomic E-state index is 12.9. The van der Waals surface area contributed by atoms with Gasteiger partial charge in [0.25, 0.3) is 5.69 Å². The van der Waals surface area contributed by atoms with Crippen LogP contribution in [0.2, 0.25) is 0 Å². The number of hydrogen-bond donors (Lipinski definition) is 1. The van der Waals surface area contributed by atoms with Crippen LogP contribution in [0, 0.1) is 17.0 Å². The second-order valence-electron chi connectivity index (χ2n) is 5.95. The van der Waals surface area contributed by atoms with E-state index in [-0.39, 0.29) is 17.3 Å². The van der Waals surface area contributed by atoms with Gasteiger partial charge in [-0.3, -0.25) is 14.9 Å². The van der Waals surface area contributed by atoms with Gasteiger partial charge in [0.2, 0.25) is 5.91 Å². The first-order chi connectivity index (χ1) is 13.0. The summed E-state index contributed by atoms with van der Waals surface area (Å²) in [6, 6.07) is 17.7. The van der Waals surface area contributed by atoms with E-state index in [0.29, 0.717) is 5.75 Å². The Morgan fingerprint density at radius 2 is 1.96 bits per heavy atom. The van der Waals surface area contributed by atoms with Crippen LogP contribution < -0.4 is 5.32 Å². The number of nitrogens with zero attached hydrogens (tertiary/aromatic N) is 1. The first-order valence-electron chi connectivity index (χ1n) is 8.29. The fourth-order valence-electron chi connectivity index (χ4n) is 2.61. The average molecular weight is 382 g/mol. The second kappa shape index (κ2) is 8.55. The zero-order chi connectivity index (χ0) is 19.2. The standard InChI is InChI=1S/C20H18N2O4S/c1-14-9-10-17(18(12-14)22(24)25)21-20(23)19(15-6-3-2-4-7-15)27-13-16-8-5-11-26-16/h2-12,19H,13H2,1H3,(H,21,23)/t19-/m0/s1. The van der Waals surface area contributed by atoms with Gasteiger partial charge in [0.05, 0.1) is 16.9 Å². The Morgan fingerprint density at radius 3 is 2.63 bits per heavy atom. The molecule has 0 fully saturated rings. The molecule has 27 heavy (non-hydrogen) atoms. The lowest BCUT2D eigenvalue weighted by Crippen LogP contribution is -2.20. The van der Waals surface area contributed by atoms with E-state index in [1.165, 1.54) is 17.8 Å². The molecule has 3 aromatic rings. The van der Waals surface area contributed by atoms with Crippen molar-refractivity contribution in [2.45, 2.75) is 17.9 Å². The summed E-state index contributed by atoms with van der Waals surface area (Å²) in [5.74, 6) is 0.954. The lowest BCUT2D eigenvalue weighted by molar-refractivity contribution is -0.384. The van der Waals surface area contributed by atoms with E-state index in [9.17, 15) is 14.9 Å². The average Bonchev–Trinajstić information content (AvgIpc) is 3.17. The fourth-order valence-corrected chi connectivity index (χ4v) is 3.66. The molecule has 0 aliphatic heterocycles. The summed E-state index contributed by atoms with van der Waals surface area (Å²) in [4.78, 5) is 23.8. The number of thioether (sulfide) groups is 1. The molecule has 7 heteroatoms. The molecule has 1 amide bonds. The molecular weight excluding hydrogens is 364 g/mol. The quantitative estimate of drug-likeness (QED) is 0.453. The molecular formula is C20H18N2O4S. The van der Waals surface area contributed by atoms with Gasteiger partial charge < -0.3 is 9.73 Å². The van der Waals surface area contributed by atoms with Crippen LogP contribution in [0.4, 0.5) is 11.4 Å². The van der Waals surface area contributed by atoms with Gasteiger partial charge in [0.1, 0.15) is 16.7 Å². The van der Waals surface area contributed by atoms with E-state index in [4.69, 9.17) is 4.42 Å². The maximum absolute atomic E-state index is 12.9. The van der Waals surface area contributed by atoms with E-state index in [1.54, 1.807) is 31.4 Å². The first kappa shape index (κ1) is 18.7. The number of furan rings is 1. The van der Waals surface area contributed by atoms with Gasteiger partial charge >= 0.3 is 0 Å². The minimum absolute atomic E-state index is 0.119. The van der Waals surface area contributed by atoms with Crippen LogP contribution in [0.3, 0.4) is 0 Å². The molecule has 1 heterocycles. The molecule has 3 rings (SSSR count). The fraction of sp³-hybridized carbons (Fsp3) is 0.150. The van der Waals surface area contributed by atoms with Crippen LogP contribution in [0.1, 0.15) is 22.1 Å². The number of nitro groups is 1. The van der Waals surface area contributed by atoms with Crippen molar-refractivity contribution in [3.63, 3.8) is 0 Å². The molecule has 0 bridgehead atoms. The predicted octanol–water partition coefficient (Wildman–Crippen LogP) is 5.11. The van der Waals surface area contributed by atoms with Crippen molar-refractivity contribution in [3.8, 4) is 0 Å². The van der Waals surface area contributed by atoms with Gasteiger partial charge in [-0.2, -0.15) is 0 Å². The van der Waals surface area contributed by atoms with Gasteiger partial charge in [0.15, 0.2) is 0 Å². The molecule has 2 aromatic carbocycles. The Kier molecular flexibility index (Phi) is 5.93. The second-order valence-corrected chi connectivity index (χ2v) is 7.04. The third kappa shape index (κ3) is 4.77. The van der Waals surface area contributed by atoms with Crippen LogP contribution in [-0.2, 0) is 10.5 Å². The summed E-state index contributed by atoms with van der Waals surface area (Å²) in [5, 5.41) is 13.5. The van der Waals surface area contributed by atoms with Gasteiger partial charge in [0, 0.05) is 6.07 Å². The highest BCUT2D eigenvalue weighted by atomic mass is 32.2. The molecule has 1 N–H and O–H groups in total. The predicted molar refractivity (Wildman–Crippen MR) is 106 cm³/mol. The zero-order valence-electron chi connectivity index (χ0n) is 14.6. The van der Waals surface area contributed by atoms with E-state index >= 15 is 0 Å². The summed E-state index contributed by atoms with van der Waals surface area (Å²) in [7, 11) is 0. The number of aryl methyl sites for hydroxylation is 1. The number of hydrogen-bond acceptors (Lipinski definition) is 5. The summed E-state index contributed by atoms with van der Waals surface area (Å²) in [5.41, 5.74) is 1.65. The van der Waals surface area contributed by atoms with Gasteiger partial charge in [-0.1, -0.05) is 36.4 Å². The number of amides is 1. The molecule has 0 aliphatic rings. The van der Waals surface area contributed by atoms with Crippen molar-refractivity contribution >= 4 is 29.0 Å². The lowest BCUT2D eigenvalue weighted by Gasteiger charge is -2.17. The minimum Gasteiger partial charge on any atom is -0.468 e. The third-order valence-electron chi connectivity index (χ3n) is 3.92. The number of nitrogens with one attached hydrogen (secondary N) is 1. The van der Waals surface area contributed by atoms with Crippen molar-refractivity contribution in [2.75, 3.05) is 5.32 Å². The van der Waals surface area contributed by atoms with Crippen molar-refractivity contribution in [3.05, 3.63) is 93.9 Å². The molecule has 1 atom stereocenters. The minimum atomic E-state index is -0.530. The molecule has 1 aromatic heterocycles. The molecule has 0 radical (unpaired) electrons. The molecule has 0 unspecified atom stereocenters. The summed E-state index contributed by atoms with van der Waals surface area (Å²) >= 11 is 1.40. The highest BCUT2D eigenvalue weighted by Crippen LogP contribution is 2.34. The van der Waals surface area contributed by atoms with Gasteiger partial charge in [-0.15, -0.1) is 11.8 Å². The largest absolute Gasteiger partial charge is 0.468 e. The Morgan fingerprint density at radius 1 is 1.19 bits per heavy atom. The van der Waals surface area contributed by atoms with Crippen molar-refractivity contribution in [1.82, 2.24) is 0 Å². The van der Waals surface area contributed by atoms with Crippen LogP contribution in [0.25, 0.3) is 0 Å². The zero-order valence-corrected chi connectivity index (χ0v) is 15.4.